The predicted molar refractivity (Wildman–Crippen MR) is 79.1 cm³/mol. The Balaban J connectivity index is 2.02. The van der Waals surface area contributed by atoms with Crippen molar-refractivity contribution in [1.82, 2.24) is 0 Å². The number of sulfone groups is 1. The van der Waals surface area contributed by atoms with Crippen LogP contribution in [0.3, 0.4) is 0 Å². The number of halogens is 1. The van der Waals surface area contributed by atoms with Gasteiger partial charge in [0.05, 0.1) is 10.6 Å². The lowest BCUT2D eigenvalue weighted by atomic mass is 9.83. The highest BCUT2D eigenvalue weighted by Gasteiger charge is 2.18. The zero-order valence-electron chi connectivity index (χ0n) is 12.0. The molecule has 0 aromatic heterocycles. The van der Waals surface area contributed by atoms with Crippen molar-refractivity contribution >= 4 is 15.5 Å². The first kappa shape index (κ1) is 15.3. The van der Waals surface area contributed by atoms with Crippen LogP contribution >= 0.6 is 0 Å². The molecule has 1 aliphatic rings. The van der Waals surface area contributed by atoms with Crippen LogP contribution in [0.2, 0.25) is 0 Å². The maximum Gasteiger partial charge on any atom is 0.175 e. The largest absolute Gasteiger partial charge is 0.382 e. The molecule has 1 fully saturated rings. The Labute approximate surface area is 120 Å². The Kier molecular flexibility index (Phi) is 4.68. The Bertz CT molecular complexity index is 563. The molecule has 1 aromatic rings. The molecule has 0 heterocycles. The monoisotopic (exact) mass is 299 g/mol. The van der Waals surface area contributed by atoms with Gasteiger partial charge in [-0.2, -0.15) is 0 Å². The molecule has 1 aromatic carbocycles. The molecule has 5 heteroatoms. The van der Waals surface area contributed by atoms with Crippen molar-refractivity contribution < 1.29 is 12.8 Å². The fourth-order valence-electron chi connectivity index (χ4n) is 2.66. The van der Waals surface area contributed by atoms with E-state index in [-0.39, 0.29) is 10.6 Å². The highest BCUT2D eigenvalue weighted by molar-refractivity contribution is 7.90. The van der Waals surface area contributed by atoms with Crippen LogP contribution in [0.1, 0.15) is 32.6 Å². The highest BCUT2D eigenvalue weighted by Crippen LogP contribution is 2.29. The first-order valence-corrected chi connectivity index (χ1v) is 8.99. The van der Waals surface area contributed by atoms with Crippen molar-refractivity contribution in [3.05, 3.63) is 24.0 Å². The van der Waals surface area contributed by atoms with Gasteiger partial charge in [0.2, 0.25) is 0 Å². The number of benzene rings is 1. The van der Waals surface area contributed by atoms with E-state index in [1.807, 2.05) is 0 Å². The second kappa shape index (κ2) is 6.12. The summed E-state index contributed by atoms with van der Waals surface area (Å²) in [5.74, 6) is 0.936. The molecule has 1 aliphatic carbocycles. The van der Waals surface area contributed by atoms with Crippen LogP contribution in [0.5, 0.6) is 0 Å². The molecule has 1 N–H and O–H groups in total. The van der Waals surface area contributed by atoms with Crippen LogP contribution in [0.4, 0.5) is 10.1 Å². The van der Waals surface area contributed by atoms with Gasteiger partial charge in [0, 0.05) is 12.8 Å². The molecular formula is C15H22FNO2S. The van der Waals surface area contributed by atoms with E-state index in [0.717, 1.165) is 25.0 Å². The lowest BCUT2D eigenvalue weighted by molar-refractivity contribution is 0.300. The molecule has 0 atom stereocenters. The van der Waals surface area contributed by atoms with Gasteiger partial charge in [-0.25, -0.2) is 12.8 Å². The van der Waals surface area contributed by atoms with Gasteiger partial charge in [0.15, 0.2) is 9.84 Å². The van der Waals surface area contributed by atoms with E-state index in [2.05, 4.69) is 12.2 Å². The van der Waals surface area contributed by atoms with Gasteiger partial charge < -0.3 is 5.32 Å². The van der Waals surface area contributed by atoms with Gasteiger partial charge in [-0.15, -0.1) is 0 Å². The smallest absolute Gasteiger partial charge is 0.175 e. The summed E-state index contributed by atoms with van der Waals surface area (Å²) in [6.45, 7) is 2.97. The summed E-state index contributed by atoms with van der Waals surface area (Å²) >= 11 is 0. The fraction of sp³-hybridized carbons (Fsp3) is 0.600. The standard InChI is InChI=1S/C15H22FNO2S/c1-11-3-5-12(6-4-11)10-17-15-9-13(20(2,18)19)7-8-14(15)16/h7-9,11-12,17H,3-6,10H2,1-2H3. The summed E-state index contributed by atoms with van der Waals surface area (Å²) in [5.41, 5.74) is 0.284. The Morgan fingerprint density at radius 2 is 1.90 bits per heavy atom. The number of hydrogen-bond acceptors (Lipinski definition) is 3. The summed E-state index contributed by atoms with van der Waals surface area (Å²) in [6, 6.07) is 3.90. The zero-order chi connectivity index (χ0) is 14.8. The second-order valence-corrected chi connectivity index (χ2v) is 7.94. The third-order valence-electron chi connectivity index (χ3n) is 4.08. The van der Waals surface area contributed by atoms with E-state index in [0.29, 0.717) is 12.5 Å². The average molecular weight is 299 g/mol. The molecule has 0 spiro atoms. The van der Waals surface area contributed by atoms with Gasteiger partial charge in [-0.1, -0.05) is 19.8 Å². The summed E-state index contributed by atoms with van der Waals surface area (Å²) in [5, 5.41) is 3.07. The number of hydrogen-bond donors (Lipinski definition) is 1. The van der Waals surface area contributed by atoms with Crippen LogP contribution in [-0.4, -0.2) is 21.2 Å². The summed E-state index contributed by atoms with van der Waals surface area (Å²) in [6.07, 6.45) is 5.88. The molecule has 0 saturated heterocycles. The number of nitrogens with one attached hydrogen (secondary N) is 1. The van der Waals surface area contributed by atoms with E-state index in [1.165, 1.54) is 31.0 Å². The minimum atomic E-state index is -3.30. The van der Waals surface area contributed by atoms with E-state index in [4.69, 9.17) is 0 Å². The first-order valence-electron chi connectivity index (χ1n) is 7.09. The molecule has 0 amide bonds. The average Bonchev–Trinajstić information content (AvgIpc) is 2.38. The van der Waals surface area contributed by atoms with Crippen LogP contribution < -0.4 is 5.32 Å². The minimum absolute atomic E-state index is 0.152. The topological polar surface area (TPSA) is 46.2 Å². The summed E-state index contributed by atoms with van der Waals surface area (Å²) < 4.78 is 36.7. The van der Waals surface area contributed by atoms with Crippen LogP contribution in [0, 0.1) is 17.7 Å². The quantitative estimate of drug-likeness (QED) is 0.866. The second-order valence-electron chi connectivity index (χ2n) is 5.92. The lowest BCUT2D eigenvalue weighted by Gasteiger charge is -2.26. The van der Waals surface area contributed by atoms with Crippen LogP contribution in [0.25, 0.3) is 0 Å². The number of rotatable bonds is 4. The van der Waals surface area contributed by atoms with Gasteiger partial charge in [0.1, 0.15) is 5.82 Å². The molecule has 2 rings (SSSR count). The minimum Gasteiger partial charge on any atom is -0.382 e. The van der Waals surface area contributed by atoms with E-state index in [9.17, 15) is 12.8 Å². The summed E-state index contributed by atoms with van der Waals surface area (Å²) in [7, 11) is -3.30. The maximum absolute atomic E-state index is 13.7. The van der Waals surface area contributed by atoms with Crippen LogP contribution in [-0.2, 0) is 9.84 Å². The van der Waals surface area contributed by atoms with Gasteiger partial charge in [-0.05, 0) is 42.9 Å². The Morgan fingerprint density at radius 3 is 2.50 bits per heavy atom. The van der Waals surface area contributed by atoms with Crippen molar-refractivity contribution in [1.29, 1.82) is 0 Å². The van der Waals surface area contributed by atoms with Gasteiger partial charge in [0.25, 0.3) is 0 Å². The molecule has 1 saturated carbocycles. The molecule has 0 radical (unpaired) electrons. The normalized spacial score (nSPS) is 23.6. The third-order valence-corrected chi connectivity index (χ3v) is 5.19. The molecular weight excluding hydrogens is 277 g/mol. The number of anilines is 1. The molecule has 20 heavy (non-hydrogen) atoms. The van der Waals surface area contributed by atoms with Gasteiger partial charge >= 0.3 is 0 Å². The maximum atomic E-state index is 13.7. The van der Waals surface area contributed by atoms with Crippen molar-refractivity contribution in [3.63, 3.8) is 0 Å². The molecule has 0 bridgehead atoms. The Hall–Kier alpha value is -1.10. The third kappa shape index (κ3) is 3.95. The molecule has 112 valence electrons. The first-order chi connectivity index (χ1) is 9.36. The van der Waals surface area contributed by atoms with Crippen LogP contribution in [0.15, 0.2) is 23.1 Å². The SMILES string of the molecule is CC1CCC(CNc2cc(S(C)(=O)=O)ccc2F)CC1. The fourth-order valence-corrected chi connectivity index (χ4v) is 3.31. The van der Waals surface area contributed by atoms with E-state index < -0.39 is 15.7 Å². The zero-order valence-corrected chi connectivity index (χ0v) is 12.8. The van der Waals surface area contributed by atoms with Crippen molar-refractivity contribution in [3.8, 4) is 0 Å². The molecule has 0 unspecified atom stereocenters. The van der Waals surface area contributed by atoms with E-state index >= 15 is 0 Å². The van der Waals surface area contributed by atoms with E-state index in [1.54, 1.807) is 0 Å². The lowest BCUT2D eigenvalue weighted by Crippen LogP contribution is -2.20. The molecule has 0 aliphatic heterocycles. The predicted octanol–water partition coefficient (Wildman–Crippen LogP) is 3.47. The van der Waals surface area contributed by atoms with Crippen molar-refractivity contribution in [2.45, 2.75) is 37.5 Å². The Morgan fingerprint density at radius 1 is 1.25 bits per heavy atom. The highest BCUT2D eigenvalue weighted by atomic mass is 32.2. The van der Waals surface area contributed by atoms with Crippen molar-refractivity contribution in [2.24, 2.45) is 11.8 Å². The molecule has 3 nitrogen and oxygen atoms in total. The van der Waals surface area contributed by atoms with Crippen molar-refractivity contribution in [2.75, 3.05) is 18.1 Å². The summed E-state index contributed by atoms with van der Waals surface area (Å²) in [4.78, 5) is 0.152. The van der Waals surface area contributed by atoms with Gasteiger partial charge in [-0.3, -0.25) is 0 Å².